The first kappa shape index (κ1) is 27.3. The second-order valence-electron chi connectivity index (χ2n) is 11.5. The molecule has 1 atom stereocenters. The molecule has 2 aliphatic heterocycles. The number of nitrogens with one attached hydrogen (secondary N) is 1. The van der Waals surface area contributed by atoms with Crippen LogP contribution in [0.25, 0.3) is 10.9 Å². The number of piperazine rings is 1. The minimum Gasteiger partial charge on any atom is -0.454 e. The van der Waals surface area contributed by atoms with Crippen molar-refractivity contribution in [3.8, 4) is 11.5 Å². The van der Waals surface area contributed by atoms with Crippen LogP contribution >= 0.6 is 0 Å². The number of nitrogens with zero attached hydrogens (tertiary/aromatic N) is 6. The molecule has 2 aromatic heterocycles. The van der Waals surface area contributed by atoms with Crippen molar-refractivity contribution in [1.29, 1.82) is 0 Å². The van der Waals surface area contributed by atoms with Gasteiger partial charge in [-0.25, -0.2) is 4.68 Å². The highest BCUT2D eigenvalue weighted by Crippen LogP contribution is 2.33. The fourth-order valence-corrected chi connectivity index (χ4v) is 6.12. The van der Waals surface area contributed by atoms with Crippen LogP contribution in [0.15, 0.2) is 71.5 Å². The van der Waals surface area contributed by atoms with Crippen LogP contribution in [-0.2, 0) is 19.5 Å². The molecule has 3 aromatic carbocycles. The molecule has 1 fully saturated rings. The minimum absolute atomic E-state index is 0.110. The number of benzene rings is 3. The average Bonchev–Trinajstić information content (AvgIpc) is 3.68. The maximum atomic E-state index is 13.7. The van der Waals surface area contributed by atoms with Crippen LogP contribution in [0.2, 0.25) is 0 Å². The topological polar surface area (TPSA) is 101 Å². The van der Waals surface area contributed by atoms with E-state index in [1.54, 1.807) is 0 Å². The number of ether oxygens (including phenoxy) is 2. The van der Waals surface area contributed by atoms with E-state index in [1.807, 2.05) is 41.1 Å². The molecule has 220 valence electrons. The van der Waals surface area contributed by atoms with Crippen molar-refractivity contribution < 1.29 is 9.47 Å². The van der Waals surface area contributed by atoms with E-state index in [1.165, 1.54) is 16.7 Å². The van der Waals surface area contributed by atoms with Gasteiger partial charge in [0.25, 0.3) is 5.56 Å². The van der Waals surface area contributed by atoms with Gasteiger partial charge in [-0.15, -0.1) is 5.10 Å². The number of hydrogen-bond acceptors (Lipinski definition) is 8. The van der Waals surface area contributed by atoms with Crippen molar-refractivity contribution in [3.63, 3.8) is 0 Å². The highest BCUT2D eigenvalue weighted by atomic mass is 16.7. The third-order valence-electron chi connectivity index (χ3n) is 8.66. The SMILES string of the molecule is Cc1cc2cc(C(c3nnnn3CCc3ccccc3)N3CCN(Cc4ccc5c(c4)OCO5)CC3)c(=O)[nH]c2cc1C. The summed E-state index contributed by atoms with van der Waals surface area (Å²) >= 11 is 0. The number of hydrogen-bond donors (Lipinski definition) is 1. The van der Waals surface area contributed by atoms with E-state index >= 15 is 0 Å². The molecule has 10 heteroatoms. The maximum absolute atomic E-state index is 13.7. The van der Waals surface area contributed by atoms with Gasteiger partial charge < -0.3 is 14.5 Å². The standard InChI is InChI=1S/C33H35N7O3/c1-22-16-26-19-27(33(41)34-28(26)17-23(22)2)31(32-35-36-37-40(32)11-10-24-6-4-3-5-7-24)39-14-12-38(13-15-39)20-25-8-9-29-30(18-25)43-21-42-29/h3-9,16-19,31H,10-15,20-21H2,1-2H3,(H,34,41). The highest BCUT2D eigenvalue weighted by molar-refractivity contribution is 5.81. The summed E-state index contributed by atoms with van der Waals surface area (Å²) in [5.74, 6) is 2.29. The lowest BCUT2D eigenvalue weighted by molar-refractivity contribution is 0.0996. The Morgan fingerprint density at radius 3 is 2.51 bits per heavy atom. The van der Waals surface area contributed by atoms with Gasteiger partial charge in [-0.2, -0.15) is 0 Å². The van der Waals surface area contributed by atoms with Crippen molar-refractivity contribution >= 4 is 10.9 Å². The first-order valence-corrected chi connectivity index (χ1v) is 14.8. The zero-order valence-corrected chi connectivity index (χ0v) is 24.5. The molecule has 7 rings (SSSR count). The summed E-state index contributed by atoms with van der Waals surface area (Å²) in [6.45, 7) is 9.11. The fraction of sp³-hybridized carbons (Fsp3) is 0.333. The predicted molar refractivity (Wildman–Crippen MR) is 163 cm³/mol. The Hall–Kier alpha value is -4.54. The third kappa shape index (κ3) is 5.63. The molecule has 0 radical (unpaired) electrons. The smallest absolute Gasteiger partial charge is 0.253 e. The molecule has 0 amide bonds. The molecule has 1 N–H and O–H groups in total. The highest BCUT2D eigenvalue weighted by Gasteiger charge is 2.33. The van der Waals surface area contributed by atoms with Crippen LogP contribution in [0.1, 0.15) is 39.7 Å². The van der Waals surface area contributed by atoms with E-state index in [9.17, 15) is 4.79 Å². The molecule has 2 aliphatic rings. The summed E-state index contributed by atoms with van der Waals surface area (Å²) in [7, 11) is 0. The van der Waals surface area contributed by atoms with E-state index < -0.39 is 0 Å². The Bertz CT molecular complexity index is 1810. The van der Waals surface area contributed by atoms with Crippen molar-refractivity contribution in [2.45, 2.75) is 39.4 Å². The van der Waals surface area contributed by atoms with Gasteiger partial charge in [0, 0.05) is 50.3 Å². The van der Waals surface area contributed by atoms with Gasteiger partial charge in [0.05, 0.1) is 0 Å². The summed E-state index contributed by atoms with van der Waals surface area (Å²) in [4.78, 5) is 21.6. The lowest BCUT2D eigenvalue weighted by Crippen LogP contribution is -2.48. The van der Waals surface area contributed by atoms with Crippen molar-refractivity contribution in [2.24, 2.45) is 0 Å². The first-order valence-electron chi connectivity index (χ1n) is 14.8. The molecule has 5 aromatic rings. The molecule has 1 saturated heterocycles. The molecule has 4 heterocycles. The predicted octanol–water partition coefficient (Wildman–Crippen LogP) is 4.01. The Balaban J connectivity index is 1.18. The molecule has 0 spiro atoms. The van der Waals surface area contributed by atoms with E-state index in [0.29, 0.717) is 17.9 Å². The number of fused-ring (bicyclic) bond motifs is 2. The number of aromatic nitrogens is 5. The molecule has 0 aliphatic carbocycles. The maximum Gasteiger partial charge on any atom is 0.253 e. The van der Waals surface area contributed by atoms with Crippen LogP contribution in [0, 0.1) is 13.8 Å². The fourth-order valence-electron chi connectivity index (χ4n) is 6.12. The van der Waals surface area contributed by atoms with Gasteiger partial charge in [-0.05, 0) is 88.7 Å². The van der Waals surface area contributed by atoms with Crippen LogP contribution in [0.4, 0.5) is 0 Å². The van der Waals surface area contributed by atoms with Gasteiger partial charge in [-0.1, -0.05) is 36.4 Å². The molecular weight excluding hydrogens is 542 g/mol. The summed E-state index contributed by atoms with van der Waals surface area (Å²) in [5, 5.41) is 14.0. The van der Waals surface area contributed by atoms with E-state index in [0.717, 1.165) is 67.1 Å². The van der Waals surface area contributed by atoms with Crippen LogP contribution in [-0.4, -0.2) is 68.0 Å². The Morgan fingerprint density at radius 1 is 0.884 bits per heavy atom. The van der Waals surface area contributed by atoms with Gasteiger partial charge >= 0.3 is 0 Å². The summed E-state index contributed by atoms with van der Waals surface area (Å²) in [5.41, 5.74) is 6.13. The zero-order valence-electron chi connectivity index (χ0n) is 24.5. The van der Waals surface area contributed by atoms with Crippen LogP contribution in [0.3, 0.4) is 0 Å². The summed E-state index contributed by atoms with van der Waals surface area (Å²) in [6, 6.07) is 22.3. The quantitative estimate of drug-likeness (QED) is 0.295. The largest absolute Gasteiger partial charge is 0.454 e. The van der Waals surface area contributed by atoms with Gasteiger partial charge in [0.2, 0.25) is 6.79 Å². The number of aromatic amines is 1. The first-order chi connectivity index (χ1) is 21.0. The summed E-state index contributed by atoms with van der Waals surface area (Å²) < 4.78 is 12.9. The second kappa shape index (κ2) is 11.6. The van der Waals surface area contributed by atoms with Crippen molar-refractivity contribution in [3.05, 3.63) is 111 Å². The Labute approximate surface area is 249 Å². The van der Waals surface area contributed by atoms with Gasteiger partial charge in [-0.3, -0.25) is 14.6 Å². The Morgan fingerprint density at radius 2 is 1.67 bits per heavy atom. The number of H-pyrrole nitrogens is 1. The normalized spacial score (nSPS) is 16.1. The monoisotopic (exact) mass is 577 g/mol. The zero-order chi connectivity index (χ0) is 29.3. The molecule has 43 heavy (non-hydrogen) atoms. The third-order valence-corrected chi connectivity index (χ3v) is 8.66. The van der Waals surface area contributed by atoms with Crippen molar-refractivity contribution in [1.82, 2.24) is 35.0 Å². The van der Waals surface area contributed by atoms with Crippen LogP contribution < -0.4 is 15.0 Å². The molecule has 1 unspecified atom stereocenters. The molecular formula is C33H35N7O3. The Kier molecular flexibility index (Phi) is 7.38. The molecule has 0 saturated carbocycles. The lowest BCUT2D eigenvalue weighted by atomic mass is 10.00. The van der Waals surface area contributed by atoms with Crippen molar-refractivity contribution in [2.75, 3.05) is 33.0 Å². The number of aryl methyl sites for hydroxylation is 4. The van der Waals surface area contributed by atoms with E-state index in [-0.39, 0.29) is 18.4 Å². The summed E-state index contributed by atoms with van der Waals surface area (Å²) in [6.07, 6.45) is 0.793. The second-order valence-corrected chi connectivity index (χ2v) is 11.5. The van der Waals surface area contributed by atoms with Crippen LogP contribution in [0.5, 0.6) is 11.5 Å². The number of rotatable bonds is 8. The minimum atomic E-state index is -0.381. The number of pyridine rings is 1. The van der Waals surface area contributed by atoms with Gasteiger partial charge in [0.1, 0.15) is 6.04 Å². The van der Waals surface area contributed by atoms with E-state index in [4.69, 9.17) is 9.47 Å². The average molecular weight is 578 g/mol. The molecule has 0 bridgehead atoms. The van der Waals surface area contributed by atoms with Gasteiger partial charge in [0.15, 0.2) is 17.3 Å². The number of tetrazole rings is 1. The van der Waals surface area contributed by atoms with E-state index in [2.05, 4.69) is 74.5 Å². The lowest BCUT2D eigenvalue weighted by Gasteiger charge is -2.38. The molecule has 10 nitrogen and oxygen atoms in total.